The molecule has 14 heavy (non-hydrogen) atoms. The third-order valence-corrected chi connectivity index (χ3v) is 2.50. The SMILES string of the molecule is C=C(C)C(=C)C(=C)C(C)C(=C)C(=C)C. The summed E-state index contributed by atoms with van der Waals surface area (Å²) in [4.78, 5) is 0. The largest absolute Gasteiger partial charge is 0.0958 e. The predicted molar refractivity (Wildman–Crippen MR) is 66.2 cm³/mol. The van der Waals surface area contributed by atoms with Crippen LogP contribution in [0.3, 0.4) is 0 Å². The summed E-state index contributed by atoms with van der Waals surface area (Å²) in [5.41, 5.74) is 4.85. The molecule has 0 aromatic heterocycles. The van der Waals surface area contributed by atoms with Crippen molar-refractivity contribution >= 4 is 0 Å². The summed E-state index contributed by atoms with van der Waals surface area (Å²) in [6, 6.07) is 0. The second-order valence-corrected chi connectivity index (χ2v) is 3.81. The first kappa shape index (κ1) is 12.7. The van der Waals surface area contributed by atoms with Gasteiger partial charge < -0.3 is 0 Å². The Kier molecular flexibility index (Phi) is 4.36. The highest BCUT2D eigenvalue weighted by Crippen LogP contribution is 2.28. The third kappa shape index (κ3) is 2.88. The molecule has 0 bridgehead atoms. The number of rotatable bonds is 5. The minimum absolute atomic E-state index is 0.191. The van der Waals surface area contributed by atoms with Crippen molar-refractivity contribution in [2.45, 2.75) is 20.8 Å². The Hall–Kier alpha value is -1.30. The quantitative estimate of drug-likeness (QED) is 0.559. The fraction of sp³-hybridized carbons (Fsp3) is 0.286. The fourth-order valence-electron chi connectivity index (χ4n) is 1.12. The molecule has 0 heterocycles. The van der Waals surface area contributed by atoms with Gasteiger partial charge in [-0.2, -0.15) is 0 Å². The first-order chi connectivity index (χ1) is 6.29. The second-order valence-electron chi connectivity index (χ2n) is 3.81. The lowest BCUT2D eigenvalue weighted by Crippen LogP contribution is -2.04. The summed E-state index contributed by atoms with van der Waals surface area (Å²) in [5, 5.41) is 0. The highest BCUT2D eigenvalue weighted by atomic mass is 14.2. The van der Waals surface area contributed by atoms with Crippen LogP contribution in [0, 0.1) is 5.92 Å². The Balaban J connectivity index is 4.72. The Bertz CT molecular complexity index is 313. The molecule has 0 spiro atoms. The van der Waals surface area contributed by atoms with E-state index in [9.17, 15) is 0 Å². The van der Waals surface area contributed by atoms with Crippen molar-refractivity contribution in [3.63, 3.8) is 0 Å². The molecule has 0 radical (unpaired) electrons. The van der Waals surface area contributed by atoms with Gasteiger partial charge in [0, 0.05) is 5.92 Å². The van der Waals surface area contributed by atoms with E-state index in [0.29, 0.717) is 0 Å². The average molecular weight is 188 g/mol. The summed E-state index contributed by atoms with van der Waals surface area (Å²) in [6.07, 6.45) is 0. The van der Waals surface area contributed by atoms with Gasteiger partial charge >= 0.3 is 0 Å². The zero-order valence-electron chi connectivity index (χ0n) is 9.61. The molecule has 76 valence electrons. The molecule has 0 fully saturated rings. The van der Waals surface area contributed by atoms with Crippen LogP contribution in [0.1, 0.15) is 20.8 Å². The summed E-state index contributed by atoms with van der Waals surface area (Å²) < 4.78 is 0. The van der Waals surface area contributed by atoms with E-state index in [2.05, 4.69) is 39.8 Å². The zero-order chi connectivity index (χ0) is 11.5. The Morgan fingerprint density at radius 2 is 1.21 bits per heavy atom. The highest BCUT2D eigenvalue weighted by molar-refractivity contribution is 5.46. The second kappa shape index (κ2) is 4.80. The van der Waals surface area contributed by atoms with Gasteiger partial charge in [0.15, 0.2) is 0 Å². The molecule has 0 aliphatic heterocycles. The van der Waals surface area contributed by atoms with E-state index in [1.165, 1.54) is 0 Å². The monoisotopic (exact) mass is 188 g/mol. The Morgan fingerprint density at radius 3 is 1.50 bits per heavy atom. The summed E-state index contributed by atoms with van der Waals surface area (Å²) in [5.74, 6) is 0.191. The molecule has 1 atom stereocenters. The Morgan fingerprint density at radius 1 is 0.786 bits per heavy atom. The van der Waals surface area contributed by atoms with E-state index in [4.69, 9.17) is 0 Å². The van der Waals surface area contributed by atoms with E-state index >= 15 is 0 Å². The summed E-state index contributed by atoms with van der Waals surface area (Å²) in [7, 11) is 0. The van der Waals surface area contributed by atoms with Crippen LogP contribution < -0.4 is 0 Å². The van der Waals surface area contributed by atoms with Gasteiger partial charge in [0.05, 0.1) is 0 Å². The van der Waals surface area contributed by atoms with Crippen molar-refractivity contribution in [2.24, 2.45) is 5.92 Å². The minimum Gasteiger partial charge on any atom is -0.0958 e. The number of hydrogen-bond donors (Lipinski definition) is 0. The lowest BCUT2D eigenvalue weighted by Gasteiger charge is -2.19. The first-order valence-corrected chi connectivity index (χ1v) is 4.67. The molecular weight excluding hydrogens is 168 g/mol. The topological polar surface area (TPSA) is 0 Å². The molecule has 0 saturated carbocycles. The van der Waals surface area contributed by atoms with Crippen molar-refractivity contribution < 1.29 is 0 Å². The molecule has 0 aliphatic rings. The molecule has 0 rings (SSSR count). The maximum Gasteiger partial charge on any atom is 0.00574 e. The first-order valence-electron chi connectivity index (χ1n) is 4.67. The molecule has 0 amide bonds. The van der Waals surface area contributed by atoms with Crippen LogP contribution in [-0.2, 0) is 0 Å². The molecular formula is C14H20. The molecule has 0 nitrogen and oxygen atoms in total. The van der Waals surface area contributed by atoms with Crippen molar-refractivity contribution in [3.05, 3.63) is 60.8 Å². The summed E-state index contributed by atoms with van der Waals surface area (Å²) in [6.45, 7) is 25.6. The average Bonchev–Trinajstić information content (AvgIpc) is 2.12. The lowest BCUT2D eigenvalue weighted by atomic mass is 9.85. The van der Waals surface area contributed by atoms with Gasteiger partial charge in [-0.3, -0.25) is 0 Å². The van der Waals surface area contributed by atoms with E-state index in [-0.39, 0.29) is 5.92 Å². The predicted octanol–water partition coefficient (Wildman–Crippen LogP) is 4.44. The van der Waals surface area contributed by atoms with Gasteiger partial charge in [0.2, 0.25) is 0 Å². The van der Waals surface area contributed by atoms with Crippen LogP contribution in [0.25, 0.3) is 0 Å². The smallest absolute Gasteiger partial charge is 0.00574 e. The van der Waals surface area contributed by atoms with Gasteiger partial charge in [0.25, 0.3) is 0 Å². The van der Waals surface area contributed by atoms with Crippen LogP contribution in [0.2, 0.25) is 0 Å². The van der Waals surface area contributed by atoms with E-state index in [1.54, 1.807) is 0 Å². The van der Waals surface area contributed by atoms with Crippen LogP contribution >= 0.6 is 0 Å². The van der Waals surface area contributed by atoms with Gasteiger partial charge in [0.1, 0.15) is 0 Å². The third-order valence-electron chi connectivity index (χ3n) is 2.50. The van der Waals surface area contributed by atoms with E-state index in [1.807, 2.05) is 13.8 Å². The fourth-order valence-corrected chi connectivity index (χ4v) is 1.12. The van der Waals surface area contributed by atoms with Crippen LogP contribution in [-0.4, -0.2) is 0 Å². The molecule has 0 aliphatic carbocycles. The van der Waals surface area contributed by atoms with Gasteiger partial charge in [-0.1, -0.05) is 51.0 Å². The maximum absolute atomic E-state index is 4.02. The van der Waals surface area contributed by atoms with Crippen LogP contribution in [0.5, 0.6) is 0 Å². The maximum atomic E-state index is 4.02. The van der Waals surface area contributed by atoms with Crippen molar-refractivity contribution in [2.75, 3.05) is 0 Å². The molecule has 1 unspecified atom stereocenters. The lowest BCUT2D eigenvalue weighted by molar-refractivity contribution is 0.829. The summed E-state index contributed by atoms with van der Waals surface area (Å²) >= 11 is 0. The van der Waals surface area contributed by atoms with E-state index in [0.717, 1.165) is 27.9 Å². The number of allylic oxidation sites excluding steroid dienone is 5. The highest BCUT2D eigenvalue weighted by Gasteiger charge is 2.13. The van der Waals surface area contributed by atoms with Gasteiger partial charge in [-0.15, -0.1) is 0 Å². The normalized spacial score (nSPS) is 11.6. The van der Waals surface area contributed by atoms with Crippen LogP contribution in [0.4, 0.5) is 0 Å². The minimum atomic E-state index is 0.191. The molecule has 0 heteroatoms. The molecule has 0 aromatic carbocycles. The van der Waals surface area contributed by atoms with Crippen molar-refractivity contribution in [1.82, 2.24) is 0 Å². The van der Waals surface area contributed by atoms with Crippen molar-refractivity contribution in [3.8, 4) is 0 Å². The van der Waals surface area contributed by atoms with Crippen LogP contribution in [0.15, 0.2) is 60.8 Å². The zero-order valence-corrected chi connectivity index (χ0v) is 9.61. The van der Waals surface area contributed by atoms with Gasteiger partial charge in [-0.25, -0.2) is 0 Å². The molecule has 0 aromatic rings. The molecule has 0 saturated heterocycles. The Labute approximate surface area is 88.0 Å². The van der Waals surface area contributed by atoms with Gasteiger partial charge in [-0.05, 0) is 30.6 Å². The van der Waals surface area contributed by atoms with E-state index < -0.39 is 0 Å². The standard InChI is InChI=1S/C14H20/c1-9(2)11(5)13(7)14(8)12(6)10(3)4/h14H,1,3,5-7H2,2,4,8H3. The van der Waals surface area contributed by atoms with Crippen molar-refractivity contribution in [1.29, 1.82) is 0 Å². The number of hydrogen-bond acceptors (Lipinski definition) is 0. The molecule has 0 N–H and O–H groups in total.